The molecule has 4 unspecified atom stereocenters. The number of unbranched alkanes of at least 4 members (excludes halogenated alkanes) is 7. The first-order chi connectivity index (χ1) is 59.7. The fraction of sp³-hybridized carbons (Fsp3) is 0.394. The van der Waals surface area contributed by atoms with Gasteiger partial charge in [0.25, 0.3) is 0 Å². The predicted octanol–water partition coefficient (Wildman–Crippen LogP) is 26.7. The van der Waals surface area contributed by atoms with Crippen LogP contribution >= 0.6 is 0 Å². The summed E-state index contributed by atoms with van der Waals surface area (Å²) in [6, 6.07) is 66.4. The molecule has 0 saturated carbocycles. The van der Waals surface area contributed by atoms with Gasteiger partial charge in [0.2, 0.25) is 0 Å². The van der Waals surface area contributed by atoms with Gasteiger partial charge in [-0.1, -0.05) is 227 Å². The number of rotatable bonds is 45. The minimum atomic E-state index is 0. The number of hydrogen-bond donors (Lipinski definition) is 3. The monoisotopic (exact) mass is 1660 g/mol. The maximum atomic E-state index is 11.2. The number of hydrogen-bond acceptors (Lipinski definition) is 19. The Labute approximate surface area is 730 Å². The lowest BCUT2D eigenvalue weighted by molar-refractivity contribution is 0.232. The highest BCUT2D eigenvalue weighted by Gasteiger charge is 2.22. The van der Waals surface area contributed by atoms with Gasteiger partial charge in [-0.25, -0.2) is 44.9 Å². The van der Waals surface area contributed by atoms with Gasteiger partial charge in [0.15, 0.2) is 52.4 Å². The Bertz CT molecular complexity index is 4860. The number of aromatic hydroxyl groups is 3. The van der Waals surface area contributed by atoms with E-state index in [1.807, 2.05) is 182 Å². The summed E-state index contributed by atoms with van der Waals surface area (Å²) in [4.78, 5) is 42.8. The van der Waals surface area contributed by atoms with E-state index in [9.17, 15) is 15.3 Å². The summed E-state index contributed by atoms with van der Waals surface area (Å²) in [6.45, 7) is 23.2. The second-order valence-corrected chi connectivity index (χ2v) is 31.0. The molecule has 12 rings (SSSR count). The molecule has 0 spiro atoms. The molecule has 3 heterocycles. The van der Waals surface area contributed by atoms with Crippen LogP contribution in [0.3, 0.4) is 0 Å². The number of phenols is 3. The molecule has 9 aromatic carbocycles. The Balaban J connectivity index is 0.000000215. The van der Waals surface area contributed by atoms with Crippen molar-refractivity contribution in [1.29, 1.82) is 0 Å². The van der Waals surface area contributed by atoms with E-state index in [-0.39, 0.29) is 24.7 Å². The zero-order chi connectivity index (χ0) is 86.2. The summed E-state index contributed by atoms with van der Waals surface area (Å²) in [5, 5.41) is 32.9. The summed E-state index contributed by atoms with van der Waals surface area (Å²) >= 11 is 0. The molecular formula is C104H129N9O10. The van der Waals surface area contributed by atoms with Crippen molar-refractivity contribution in [2.24, 2.45) is 23.7 Å². The molecular weight excluding hydrogens is 1540 g/mol. The van der Waals surface area contributed by atoms with Crippen molar-refractivity contribution in [3.63, 3.8) is 0 Å². The minimum Gasteiger partial charge on any atom is -0.507 e. The first-order valence-electron chi connectivity index (χ1n) is 44.2. The predicted molar refractivity (Wildman–Crippen MR) is 498 cm³/mol. The SMILES string of the molecule is C.CCCCC(CC)COc1ccc(-c2nc(-c3ccc(OC)cc3)nc(-c3ccc(OC)cc3)n2)c(O)c1.CCCCC(CC)COc1ccc(-c2nc(-c3ccc(OCC(CC)CCCC)cc3)nc(-c3ccc(OCC(CC)CCCC)cc3O)n2)cc1.CCCCCCOc1ccc(-c2nc(-c3ccccc3)nc(-c3ccccc3)n2)c(O)c1. The molecule has 123 heavy (non-hydrogen) atoms. The molecule has 650 valence electrons. The Hall–Kier alpha value is -12.0. The van der Waals surface area contributed by atoms with E-state index >= 15 is 0 Å². The normalized spacial score (nSPS) is 11.9. The summed E-state index contributed by atoms with van der Waals surface area (Å²) in [6.07, 6.45) is 23.1. The molecule has 3 aromatic heterocycles. The van der Waals surface area contributed by atoms with Crippen molar-refractivity contribution in [1.82, 2.24) is 44.9 Å². The first kappa shape index (κ1) is 94.9. The average molecular weight is 1670 g/mol. The molecule has 0 fully saturated rings. The molecule has 19 nitrogen and oxygen atoms in total. The molecule has 0 aliphatic carbocycles. The molecule has 0 bridgehead atoms. The number of ether oxygens (including phenoxy) is 7. The fourth-order valence-electron chi connectivity index (χ4n) is 13.9. The molecule has 0 amide bonds. The van der Waals surface area contributed by atoms with Crippen molar-refractivity contribution in [3.05, 3.63) is 212 Å². The van der Waals surface area contributed by atoms with Gasteiger partial charge in [0, 0.05) is 51.6 Å². The largest absolute Gasteiger partial charge is 0.507 e. The highest BCUT2D eigenvalue weighted by molar-refractivity contribution is 5.74. The molecule has 0 aliphatic rings. The quantitative estimate of drug-likeness (QED) is 0.0301. The molecule has 12 aromatic rings. The van der Waals surface area contributed by atoms with Crippen LogP contribution in [0, 0.1) is 23.7 Å². The van der Waals surface area contributed by atoms with Gasteiger partial charge in [-0.2, -0.15) is 0 Å². The van der Waals surface area contributed by atoms with Gasteiger partial charge in [-0.3, -0.25) is 0 Å². The lowest BCUT2D eigenvalue weighted by atomic mass is 10.0. The van der Waals surface area contributed by atoms with E-state index in [2.05, 4.69) is 77.3 Å². The summed E-state index contributed by atoms with van der Waals surface area (Å²) in [5.74, 6) is 11.7. The van der Waals surface area contributed by atoms with Crippen molar-refractivity contribution < 1.29 is 48.5 Å². The van der Waals surface area contributed by atoms with Crippen LogP contribution in [0.2, 0.25) is 0 Å². The minimum absolute atomic E-state index is 0. The molecule has 19 heteroatoms. The van der Waals surface area contributed by atoms with Gasteiger partial charge in [0.1, 0.15) is 57.5 Å². The van der Waals surface area contributed by atoms with Gasteiger partial charge in [-0.05, 0) is 189 Å². The highest BCUT2D eigenvalue weighted by Crippen LogP contribution is 2.39. The molecule has 0 saturated heterocycles. The molecule has 0 radical (unpaired) electrons. The van der Waals surface area contributed by atoms with Crippen LogP contribution < -0.4 is 33.2 Å². The van der Waals surface area contributed by atoms with Gasteiger partial charge in [0.05, 0.1) is 63.9 Å². The Kier molecular flexibility index (Phi) is 39.4. The number of nitrogens with zero attached hydrogens (tertiary/aromatic N) is 9. The van der Waals surface area contributed by atoms with Crippen LogP contribution in [0.5, 0.6) is 57.5 Å². The van der Waals surface area contributed by atoms with E-state index in [0.29, 0.717) is 143 Å². The standard InChI is InChI=1S/C45H63N3O4.C31H35N3O4.C27H27N3O2.CH4/c1-7-13-16-33(10-4)30-50-38-23-19-36(20-24-38)43-46-44(37-21-25-39(26-22-37)51-31-34(11-5)17-14-8-2)48-45(47-43)41-28-27-40(29-42(41)49)52-32-35(12-6)18-15-9-3;1-5-7-8-21(6-2)20-38-26-17-18-27(28(35)19-26)31-33-29(22-9-13-24(36-3)14-10-22)32-30(34-31)23-11-15-25(37-4)16-12-23;1-2-3-4-11-18-32-22-16-17-23(24(31)19-22)27-29-25(20-12-7-5-8-13-20)28-26(30-27)21-14-9-6-10-15-21;/h19-29,33-35,49H,7-18,30-32H2,1-6H3;9-19,21,35H,5-8,20H2,1-4H3;5-10,12-17,19,31H,2-4,11,18H2,1H3;1H4. The van der Waals surface area contributed by atoms with Crippen LogP contribution in [0.1, 0.15) is 198 Å². The topological polar surface area (TPSA) is 241 Å². The summed E-state index contributed by atoms with van der Waals surface area (Å²) < 4.78 is 40.9. The number of methoxy groups -OCH3 is 2. The van der Waals surface area contributed by atoms with Gasteiger partial charge in [-0.15, -0.1) is 0 Å². The Morgan fingerprint density at radius 3 is 0.732 bits per heavy atom. The number of benzene rings is 9. The van der Waals surface area contributed by atoms with Gasteiger partial charge < -0.3 is 48.5 Å². The zero-order valence-corrected chi connectivity index (χ0v) is 73.4. The van der Waals surface area contributed by atoms with E-state index in [4.69, 9.17) is 63.1 Å². The maximum Gasteiger partial charge on any atom is 0.167 e. The lowest BCUT2D eigenvalue weighted by Gasteiger charge is -2.16. The number of phenolic OH excluding ortho intramolecular Hbond substituents is 3. The smallest absolute Gasteiger partial charge is 0.167 e. The van der Waals surface area contributed by atoms with Gasteiger partial charge >= 0.3 is 0 Å². The van der Waals surface area contributed by atoms with Crippen LogP contribution in [0.25, 0.3) is 102 Å². The summed E-state index contributed by atoms with van der Waals surface area (Å²) in [5.41, 5.74) is 6.63. The highest BCUT2D eigenvalue weighted by atomic mass is 16.5. The van der Waals surface area contributed by atoms with E-state index < -0.39 is 0 Å². The zero-order valence-electron chi connectivity index (χ0n) is 73.4. The second kappa shape index (κ2) is 51.1. The average Bonchev–Trinajstić information content (AvgIpc) is 0.803. The molecule has 4 atom stereocenters. The van der Waals surface area contributed by atoms with Crippen molar-refractivity contribution in [2.45, 2.75) is 198 Å². The van der Waals surface area contributed by atoms with E-state index in [1.54, 1.807) is 44.6 Å². The van der Waals surface area contributed by atoms with Crippen LogP contribution in [-0.4, -0.2) is 107 Å². The van der Waals surface area contributed by atoms with Crippen LogP contribution in [0.15, 0.2) is 212 Å². The van der Waals surface area contributed by atoms with Crippen molar-refractivity contribution in [3.8, 4) is 160 Å². The maximum absolute atomic E-state index is 11.2. The van der Waals surface area contributed by atoms with Crippen molar-refractivity contribution >= 4 is 0 Å². The Morgan fingerprint density at radius 2 is 0.480 bits per heavy atom. The van der Waals surface area contributed by atoms with Crippen LogP contribution in [0.4, 0.5) is 0 Å². The molecule has 0 aliphatic heterocycles. The third-order valence-electron chi connectivity index (χ3n) is 21.9. The first-order valence-corrected chi connectivity index (χ1v) is 44.2. The third kappa shape index (κ3) is 29.1. The molecule has 3 N–H and O–H groups in total. The third-order valence-corrected chi connectivity index (χ3v) is 21.9. The fourth-order valence-corrected chi connectivity index (χ4v) is 13.9. The number of aromatic nitrogens is 9. The lowest BCUT2D eigenvalue weighted by Crippen LogP contribution is -2.11. The van der Waals surface area contributed by atoms with Crippen molar-refractivity contribution in [2.75, 3.05) is 47.3 Å². The van der Waals surface area contributed by atoms with E-state index in [0.717, 1.165) is 108 Å². The second-order valence-electron chi connectivity index (χ2n) is 31.0. The summed E-state index contributed by atoms with van der Waals surface area (Å²) in [7, 11) is 3.25. The van der Waals surface area contributed by atoms with E-state index in [1.165, 1.54) is 77.0 Å². The Morgan fingerprint density at radius 1 is 0.244 bits per heavy atom. The van der Waals surface area contributed by atoms with Crippen LogP contribution in [-0.2, 0) is 0 Å².